The predicted octanol–water partition coefficient (Wildman–Crippen LogP) is 12.5. The van der Waals surface area contributed by atoms with Crippen molar-refractivity contribution in [1.29, 1.82) is 0 Å². The summed E-state index contributed by atoms with van der Waals surface area (Å²) in [6, 6.07) is -1.19. The maximum Gasteiger partial charge on any atom is 0.249 e. The molecule has 11 nitrogen and oxygen atoms in total. The van der Waals surface area contributed by atoms with Crippen LogP contribution < -0.4 is 5.32 Å². The number of carbonyl (C=O) groups excluding carboxylic acids is 1. The highest BCUT2D eigenvalue weighted by molar-refractivity contribution is 5.80. The summed E-state index contributed by atoms with van der Waals surface area (Å²) in [7, 11) is 0. The first kappa shape index (κ1) is 66.6. The summed E-state index contributed by atoms with van der Waals surface area (Å²) in [5.41, 5.74) is 0. The number of allylic oxidation sites excluding steroid dienone is 4. The van der Waals surface area contributed by atoms with Crippen LogP contribution in [-0.2, 0) is 14.3 Å². The minimum absolute atomic E-state index is 0.248. The molecule has 11 heteroatoms. The second kappa shape index (κ2) is 48.5. The van der Waals surface area contributed by atoms with Gasteiger partial charge in [-0.15, -0.1) is 0 Å². The Labute approximate surface area is 429 Å². The predicted molar refractivity (Wildman–Crippen MR) is 289 cm³/mol. The van der Waals surface area contributed by atoms with Crippen LogP contribution in [0, 0.1) is 0 Å². The Balaban J connectivity index is 2.27. The highest BCUT2D eigenvalue weighted by Gasteiger charge is 2.44. The summed E-state index contributed by atoms with van der Waals surface area (Å²) < 4.78 is 11.1. The van der Waals surface area contributed by atoms with Gasteiger partial charge in [-0.2, -0.15) is 0 Å². The van der Waals surface area contributed by atoms with Gasteiger partial charge in [0.25, 0.3) is 0 Å². The van der Waals surface area contributed by atoms with Gasteiger partial charge in [-0.3, -0.25) is 4.79 Å². The molecular weight excluding hydrogens is 883 g/mol. The number of amides is 1. The number of aliphatic hydroxyl groups excluding tert-OH is 7. The fraction of sp³-hybridized carbons (Fsp3) is 0.915. The highest BCUT2D eigenvalue weighted by Crippen LogP contribution is 2.23. The SMILES string of the molecule is CCCCCCCCC/C=C/CC/C=C/CCCC(O)C(O)C(COC1OC(CO)C(O)C(O)C1O)NC(=O)C(O)CCCCCCCCCCCCCCCCCCCCCCCCCCCCC. The van der Waals surface area contributed by atoms with E-state index >= 15 is 0 Å². The Morgan fingerprint density at radius 3 is 1.27 bits per heavy atom. The Bertz CT molecular complexity index is 1190. The van der Waals surface area contributed by atoms with Crippen molar-refractivity contribution < 1.29 is 50.0 Å². The minimum atomic E-state index is -1.67. The average molecular weight is 997 g/mol. The van der Waals surface area contributed by atoms with E-state index in [1.54, 1.807) is 0 Å². The van der Waals surface area contributed by atoms with E-state index in [4.69, 9.17) is 9.47 Å². The van der Waals surface area contributed by atoms with Gasteiger partial charge in [0.15, 0.2) is 6.29 Å². The second-order valence-electron chi connectivity index (χ2n) is 21.1. The first-order chi connectivity index (χ1) is 34.2. The van der Waals surface area contributed by atoms with Crippen molar-refractivity contribution in [3.8, 4) is 0 Å². The van der Waals surface area contributed by atoms with E-state index in [1.807, 2.05) is 0 Å². The summed E-state index contributed by atoms with van der Waals surface area (Å²) in [4.78, 5) is 13.2. The maximum atomic E-state index is 13.2. The van der Waals surface area contributed by atoms with Gasteiger partial charge < -0.3 is 50.5 Å². The summed E-state index contributed by atoms with van der Waals surface area (Å²) in [6.45, 7) is 3.45. The van der Waals surface area contributed by atoms with Crippen LogP contribution in [0.25, 0.3) is 0 Å². The lowest BCUT2D eigenvalue weighted by atomic mass is 9.98. The molecule has 0 spiro atoms. The number of unbranched alkanes of at least 4 members (excludes halogenated alkanes) is 35. The van der Waals surface area contributed by atoms with Crippen molar-refractivity contribution in [3.05, 3.63) is 24.3 Å². The highest BCUT2D eigenvalue weighted by atomic mass is 16.7. The third-order valence-electron chi connectivity index (χ3n) is 14.5. The van der Waals surface area contributed by atoms with E-state index in [2.05, 4.69) is 43.5 Å². The summed E-state index contributed by atoms with van der Waals surface area (Å²) >= 11 is 0. The molecule has 0 aromatic carbocycles. The first-order valence-electron chi connectivity index (χ1n) is 29.7. The smallest absolute Gasteiger partial charge is 0.249 e. The van der Waals surface area contributed by atoms with Crippen molar-refractivity contribution in [2.24, 2.45) is 0 Å². The van der Waals surface area contributed by atoms with E-state index in [-0.39, 0.29) is 12.8 Å². The summed E-state index contributed by atoms with van der Waals surface area (Å²) in [5.74, 6) is -0.706. The quantitative estimate of drug-likeness (QED) is 0.0215. The number of ether oxygens (including phenoxy) is 2. The molecule has 0 aliphatic carbocycles. The molecule has 0 aromatic rings. The van der Waals surface area contributed by atoms with Crippen molar-refractivity contribution in [1.82, 2.24) is 5.32 Å². The topological polar surface area (TPSA) is 189 Å². The van der Waals surface area contributed by atoms with Crippen LogP contribution in [0.5, 0.6) is 0 Å². The van der Waals surface area contributed by atoms with E-state index in [1.165, 1.54) is 193 Å². The molecular formula is C59H113NO10. The van der Waals surface area contributed by atoms with Crippen molar-refractivity contribution in [2.75, 3.05) is 13.2 Å². The van der Waals surface area contributed by atoms with Gasteiger partial charge >= 0.3 is 0 Å². The van der Waals surface area contributed by atoms with Gasteiger partial charge in [0, 0.05) is 0 Å². The zero-order chi connectivity index (χ0) is 51.1. The van der Waals surface area contributed by atoms with Crippen LogP contribution >= 0.6 is 0 Å². The fourth-order valence-electron chi connectivity index (χ4n) is 9.64. The third kappa shape index (κ3) is 36.5. The lowest BCUT2D eigenvalue weighted by molar-refractivity contribution is -0.303. The van der Waals surface area contributed by atoms with E-state index in [9.17, 15) is 40.5 Å². The van der Waals surface area contributed by atoms with Crippen LogP contribution in [-0.4, -0.2) is 110 Å². The van der Waals surface area contributed by atoms with Crippen LogP contribution in [0.4, 0.5) is 0 Å². The Kier molecular flexibility index (Phi) is 46.2. The number of hydrogen-bond acceptors (Lipinski definition) is 10. The molecule has 1 fully saturated rings. The van der Waals surface area contributed by atoms with Gasteiger partial charge in [0.2, 0.25) is 5.91 Å². The van der Waals surface area contributed by atoms with Crippen LogP contribution in [0.3, 0.4) is 0 Å². The summed E-state index contributed by atoms with van der Waals surface area (Å²) in [6.07, 6.45) is 46.7. The molecule has 9 unspecified atom stereocenters. The van der Waals surface area contributed by atoms with Gasteiger partial charge in [-0.1, -0.05) is 250 Å². The van der Waals surface area contributed by atoms with Gasteiger partial charge in [0.05, 0.1) is 25.4 Å². The first-order valence-corrected chi connectivity index (χ1v) is 29.7. The number of aliphatic hydroxyl groups is 7. The molecule has 0 saturated carbocycles. The standard InChI is InChI=1S/C59H113NO10/c1-3-5-7-9-11-13-15-17-19-21-22-23-24-25-26-27-28-29-30-31-33-35-37-39-41-43-45-47-52(63)58(68)60-50(49-69-59-57(67)56(66)55(65)53(48-61)70-59)54(64)51(62)46-44-42-40-38-36-34-32-20-18-16-14-12-10-8-6-4-2/h20,32,38,40,50-57,59,61-67H,3-19,21-31,33-37,39,41-49H2,1-2H3,(H,60,68)/b32-20+,40-38+. The van der Waals surface area contributed by atoms with E-state index < -0.39 is 74.2 Å². The van der Waals surface area contributed by atoms with Gasteiger partial charge in [0.1, 0.15) is 36.6 Å². The minimum Gasteiger partial charge on any atom is -0.394 e. The third-order valence-corrected chi connectivity index (χ3v) is 14.5. The molecule has 0 radical (unpaired) electrons. The zero-order valence-electron chi connectivity index (χ0n) is 45.3. The monoisotopic (exact) mass is 996 g/mol. The molecule has 1 aliphatic heterocycles. The lowest BCUT2D eigenvalue weighted by Gasteiger charge is -2.40. The molecule has 1 amide bonds. The number of hydrogen-bond donors (Lipinski definition) is 8. The molecule has 1 rings (SSSR count). The van der Waals surface area contributed by atoms with Crippen molar-refractivity contribution >= 4 is 5.91 Å². The molecule has 0 aromatic heterocycles. The number of nitrogens with one attached hydrogen (secondary N) is 1. The zero-order valence-corrected chi connectivity index (χ0v) is 45.3. The lowest BCUT2D eigenvalue weighted by Crippen LogP contribution is -2.60. The van der Waals surface area contributed by atoms with E-state index in [0.29, 0.717) is 19.3 Å². The largest absolute Gasteiger partial charge is 0.394 e. The molecule has 70 heavy (non-hydrogen) atoms. The molecule has 8 N–H and O–H groups in total. The normalized spacial score (nSPS) is 20.4. The van der Waals surface area contributed by atoms with Crippen LogP contribution in [0.2, 0.25) is 0 Å². The Morgan fingerprint density at radius 2 is 0.857 bits per heavy atom. The van der Waals surface area contributed by atoms with Crippen LogP contribution in [0.1, 0.15) is 277 Å². The van der Waals surface area contributed by atoms with Gasteiger partial charge in [-0.05, 0) is 51.4 Å². The summed E-state index contributed by atoms with van der Waals surface area (Å²) in [5, 5.41) is 76.1. The molecule has 1 aliphatic rings. The number of rotatable bonds is 51. The second-order valence-corrected chi connectivity index (χ2v) is 21.1. The number of carbonyl (C=O) groups is 1. The maximum absolute atomic E-state index is 13.2. The van der Waals surface area contributed by atoms with Gasteiger partial charge in [-0.25, -0.2) is 0 Å². The van der Waals surface area contributed by atoms with Crippen molar-refractivity contribution in [2.45, 2.75) is 332 Å². The van der Waals surface area contributed by atoms with Crippen molar-refractivity contribution in [3.63, 3.8) is 0 Å². The molecule has 9 atom stereocenters. The Morgan fingerprint density at radius 1 is 0.486 bits per heavy atom. The average Bonchev–Trinajstić information content (AvgIpc) is 3.36. The molecule has 0 bridgehead atoms. The molecule has 414 valence electrons. The molecule has 1 saturated heterocycles. The fourth-order valence-corrected chi connectivity index (χ4v) is 9.64. The molecule has 1 heterocycles. The van der Waals surface area contributed by atoms with E-state index in [0.717, 1.165) is 38.5 Å². The Hall–Kier alpha value is -1.41. The van der Waals surface area contributed by atoms with Crippen LogP contribution in [0.15, 0.2) is 24.3 Å².